The predicted octanol–water partition coefficient (Wildman–Crippen LogP) is 3.85. The van der Waals surface area contributed by atoms with Crippen LogP contribution in [0.5, 0.6) is 0 Å². The molecule has 0 aliphatic carbocycles. The minimum Gasteiger partial charge on any atom is -0.375 e. The zero-order valence-corrected chi connectivity index (χ0v) is 12.2. The predicted molar refractivity (Wildman–Crippen MR) is 83.6 cm³/mol. The number of carbonyl (C=O) groups is 1. The summed E-state index contributed by atoms with van der Waals surface area (Å²) in [7, 11) is 0. The highest BCUT2D eigenvalue weighted by Gasteiger charge is 2.34. The monoisotopic (exact) mass is 301 g/mol. The van der Waals surface area contributed by atoms with Crippen LogP contribution in [0.2, 0.25) is 5.02 Å². The largest absolute Gasteiger partial charge is 0.375 e. The molecule has 0 aromatic heterocycles. The summed E-state index contributed by atoms with van der Waals surface area (Å²) in [5.74, 6) is 0.144. The van der Waals surface area contributed by atoms with Crippen molar-refractivity contribution < 1.29 is 9.53 Å². The maximum Gasteiger partial charge on any atom is 0.166 e. The van der Waals surface area contributed by atoms with Crippen molar-refractivity contribution >= 4 is 23.1 Å². The van der Waals surface area contributed by atoms with E-state index in [1.54, 1.807) is 0 Å². The molecule has 0 amide bonds. The number of hydrogen-bond donors (Lipinski definition) is 1. The Hall–Kier alpha value is -1.84. The summed E-state index contributed by atoms with van der Waals surface area (Å²) in [6, 6.07) is 17.1. The number of halogens is 1. The van der Waals surface area contributed by atoms with Crippen molar-refractivity contribution in [2.24, 2.45) is 0 Å². The summed E-state index contributed by atoms with van der Waals surface area (Å²) in [4.78, 5) is 12.0. The smallest absolute Gasteiger partial charge is 0.166 e. The van der Waals surface area contributed by atoms with Gasteiger partial charge in [-0.25, -0.2) is 0 Å². The molecule has 0 radical (unpaired) electrons. The van der Waals surface area contributed by atoms with Crippen molar-refractivity contribution in [3.05, 3.63) is 65.2 Å². The molecule has 1 heterocycles. The molecule has 1 saturated heterocycles. The number of nitrogens with one attached hydrogen (secondary N) is 1. The third-order valence-corrected chi connectivity index (χ3v) is 3.84. The summed E-state index contributed by atoms with van der Waals surface area (Å²) >= 11 is 5.91. The van der Waals surface area contributed by atoms with Crippen molar-refractivity contribution in [2.75, 3.05) is 11.9 Å². The zero-order chi connectivity index (χ0) is 14.7. The van der Waals surface area contributed by atoms with E-state index in [4.69, 9.17) is 16.3 Å². The van der Waals surface area contributed by atoms with Crippen LogP contribution < -0.4 is 5.32 Å². The average molecular weight is 302 g/mol. The van der Waals surface area contributed by atoms with Crippen LogP contribution in [0.15, 0.2) is 54.6 Å². The molecule has 2 atom stereocenters. The molecule has 2 aromatic carbocycles. The maximum absolute atomic E-state index is 12.0. The molecule has 1 aliphatic heterocycles. The Morgan fingerprint density at radius 1 is 1.10 bits per heavy atom. The van der Waals surface area contributed by atoms with Crippen molar-refractivity contribution in [3.8, 4) is 0 Å². The molecule has 3 rings (SSSR count). The lowest BCUT2D eigenvalue weighted by Gasteiger charge is -2.25. The molecular formula is C17H16ClNO2. The summed E-state index contributed by atoms with van der Waals surface area (Å²) < 4.78 is 5.64. The first-order valence-corrected chi connectivity index (χ1v) is 7.33. The van der Waals surface area contributed by atoms with E-state index in [0.717, 1.165) is 11.3 Å². The van der Waals surface area contributed by atoms with Crippen LogP contribution >= 0.6 is 11.6 Å². The SMILES string of the molecule is O=C1CCO[C@@H]1[C@@H](Nc1ccc(Cl)cc1)c1ccccc1. The second kappa shape index (κ2) is 6.29. The Bertz CT molecular complexity index is 612. The molecule has 0 bridgehead atoms. The van der Waals surface area contributed by atoms with E-state index in [9.17, 15) is 4.79 Å². The number of hydrogen-bond acceptors (Lipinski definition) is 3. The third-order valence-electron chi connectivity index (χ3n) is 3.59. The molecule has 0 unspecified atom stereocenters. The van der Waals surface area contributed by atoms with Gasteiger partial charge in [-0.1, -0.05) is 41.9 Å². The highest BCUT2D eigenvalue weighted by Crippen LogP contribution is 2.29. The average Bonchev–Trinajstić information content (AvgIpc) is 2.93. The first-order valence-electron chi connectivity index (χ1n) is 6.95. The van der Waals surface area contributed by atoms with Crippen LogP contribution in [0.4, 0.5) is 5.69 Å². The Kier molecular flexibility index (Phi) is 4.23. The van der Waals surface area contributed by atoms with E-state index in [-0.39, 0.29) is 11.8 Å². The Morgan fingerprint density at radius 2 is 1.81 bits per heavy atom. The highest BCUT2D eigenvalue weighted by atomic mass is 35.5. The van der Waals surface area contributed by atoms with Crippen LogP contribution in [0.3, 0.4) is 0 Å². The summed E-state index contributed by atoms with van der Waals surface area (Å²) in [6.07, 6.45) is 0.0408. The van der Waals surface area contributed by atoms with E-state index in [1.807, 2.05) is 54.6 Å². The van der Waals surface area contributed by atoms with Crippen LogP contribution in [0.25, 0.3) is 0 Å². The fraction of sp³-hybridized carbons (Fsp3) is 0.235. The summed E-state index contributed by atoms with van der Waals surface area (Å²) in [6.45, 7) is 0.495. The Balaban J connectivity index is 1.88. The third kappa shape index (κ3) is 3.26. The normalized spacial score (nSPS) is 19.5. The van der Waals surface area contributed by atoms with Crippen molar-refractivity contribution in [1.29, 1.82) is 0 Å². The number of carbonyl (C=O) groups excluding carboxylic acids is 1. The minimum atomic E-state index is -0.442. The van der Waals surface area contributed by atoms with Gasteiger partial charge in [-0.2, -0.15) is 0 Å². The van der Waals surface area contributed by atoms with Gasteiger partial charge in [0.1, 0.15) is 6.10 Å². The molecule has 1 aliphatic rings. The highest BCUT2D eigenvalue weighted by molar-refractivity contribution is 6.30. The van der Waals surface area contributed by atoms with Crippen LogP contribution in [0, 0.1) is 0 Å². The first-order chi connectivity index (χ1) is 10.2. The molecule has 4 heteroatoms. The fourth-order valence-electron chi connectivity index (χ4n) is 2.52. The summed E-state index contributed by atoms with van der Waals surface area (Å²) in [5, 5.41) is 4.08. The number of rotatable bonds is 4. The number of anilines is 1. The van der Waals surface area contributed by atoms with Gasteiger partial charge in [0.2, 0.25) is 0 Å². The maximum atomic E-state index is 12.0. The van der Waals surface area contributed by atoms with Gasteiger partial charge in [-0.05, 0) is 29.8 Å². The fourth-order valence-corrected chi connectivity index (χ4v) is 2.65. The number of benzene rings is 2. The first kappa shape index (κ1) is 14.1. The Labute approximate surface area is 128 Å². The zero-order valence-electron chi connectivity index (χ0n) is 11.5. The van der Waals surface area contributed by atoms with Crippen LogP contribution in [0.1, 0.15) is 18.0 Å². The topological polar surface area (TPSA) is 38.3 Å². The van der Waals surface area contributed by atoms with Gasteiger partial charge in [0.25, 0.3) is 0 Å². The second-order valence-corrected chi connectivity index (χ2v) is 5.48. The van der Waals surface area contributed by atoms with Gasteiger partial charge in [0.05, 0.1) is 12.6 Å². The molecule has 0 spiro atoms. The quantitative estimate of drug-likeness (QED) is 0.932. The van der Waals surface area contributed by atoms with Gasteiger partial charge >= 0.3 is 0 Å². The lowest BCUT2D eigenvalue weighted by Crippen LogP contribution is -2.30. The second-order valence-electron chi connectivity index (χ2n) is 5.05. The van der Waals surface area contributed by atoms with Gasteiger partial charge in [-0.15, -0.1) is 0 Å². The van der Waals surface area contributed by atoms with Gasteiger partial charge < -0.3 is 10.1 Å². The molecular weight excluding hydrogens is 286 g/mol. The molecule has 1 fully saturated rings. The van der Waals surface area contributed by atoms with Crippen molar-refractivity contribution in [3.63, 3.8) is 0 Å². The standard InChI is InChI=1S/C17H16ClNO2/c18-13-6-8-14(9-7-13)19-16(12-4-2-1-3-5-12)17-15(20)10-11-21-17/h1-9,16-17,19H,10-11H2/t16-,17-/m0/s1. The Morgan fingerprint density at radius 3 is 2.43 bits per heavy atom. The van der Waals surface area contributed by atoms with E-state index in [2.05, 4.69) is 5.32 Å². The minimum absolute atomic E-state index is 0.144. The molecule has 21 heavy (non-hydrogen) atoms. The number of Topliss-reactive ketones (excluding diaryl/α,β-unsaturated/α-hetero) is 1. The van der Waals surface area contributed by atoms with Crippen LogP contribution in [-0.4, -0.2) is 18.5 Å². The summed E-state index contributed by atoms with van der Waals surface area (Å²) in [5.41, 5.74) is 1.95. The van der Waals surface area contributed by atoms with Gasteiger partial charge in [0, 0.05) is 17.1 Å². The molecule has 2 aromatic rings. The molecule has 0 saturated carbocycles. The van der Waals surface area contributed by atoms with E-state index >= 15 is 0 Å². The molecule has 108 valence electrons. The lowest BCUT2D eigenvalue weighted by molar-refractivity contribution is -0.122. The van der Waals surface area contributed by atoms with E-state index in [1.165, 1.54) is 0 Å². The molecule has 3 nitrogen and oxygen atoms in total. The van der Waals surface area contributed by atoms with Crippen LogP contribution in [-0.2, 0) is 9.53 Å². The number of ketones is 1. The van der Waals surface area contributed by atoms with Gasteiger partial charge in [-0.3, -0.25) is 4.79 Å². The van der Waals surface area contributed by atoms with Crippen molar-refractivity contribution in [2.45, 2.75) is 18.6 Å². The number of ether oxygens (including phenoxy) is 1. The molecule has 1 N–H and O–H groups in total. The van der Waals surface area contributed by atoms with Crippen molar-refractivity contribution in [1.82, 2.24) is 0 Å². The van der Waals surface area contributed by atoms with E-state index in [0.29, 0.717) is 18.1 Å². The van der Waals surface area contributed by atoms with E-state index < -0.39 is 6.10 Å². The lowest BCUT2D eigenvalue weighted by atomic mass is 9.98. The van der Waals surface area contributed by atoms with Gasteiger partial charge in [0.15, 0.2) is 5.78 Å².